The molecule has 0 fully saturated rings. The number of nitrogens with zero attached hydrogens (tertiary/aromatic N) is 9. The van der Waals surface area contributed by atoms with Gasteiger partial charge in [-0.3, -0.25) is 4.98 Å². The number of aromatic nitrogens is 9. The fourth-order valence-corrected chi connectivity index (χ4v) is 13.8. The minimum Gasteiger partial charge on any atom is -0.256 e. The summed E-state index contributed by atoms with van der Waals surface area (Å²) >= 11 is 0. The molecule has 9 heterocycles. The Bertz CT molecular complexity index is 5250. The second-order valence-electron chi connectivity index (χ2n) is 26.6. The van der Waals surface area contributed by atoms with Crippen LogP contribution < -0.4 is 36.5 Å². The first-order valence-corrected chi connectivity index (χ1v) is 35.2. The van der Waals surface area contributed by atoms with Crippen molar-refractivity contribution in [1.82, 2.24) is 4.98 Å². The molecule has 0 aliphatic rings. The Morgan fingerprint density at radius 2 is 0.515 bits per heavy atom. The molecule has 15 rings (SSSR count). The van der Waals surface area contributed by atoms with Gasteiger partial charge in [0.1, 0.15) is 56.4 Å². The summed E-state index contributed by atoms with van der Waals surface area (Å²) < 4.78 is 17.5. The smallest absolute Gasteiger partial charge is 0.213 e. The summed E-state index contributed by atoms with van der Waals surface area (Å²) in [6, 6.07) is 96.1. The maximum absolute atomic E-state index is 4.50. The Hall–Kier alpha value is -12.3. The van der Waals surface area contributed by atoms with Crippen molar-refractivity contribution in [1.29, 1.82) is 0 Å². The summed E-state index contributed by atoms with van der Waals surface area (Å²) in [5.41, 5.74) is 33.4. The molecule has 0 amide bonds. The maximum Gasteiger partial charge on any atom is 0.213 e. The molecule has 0 bridgehead atoms. The van der Waals surface area contributed by atoms with Gasteiger partial charge in [0.15, 0.2) is 49.6 Å². The van der Waals surface area contributed by atoms with Crippen LogP contribution in [0.4, 0.5) is 0 Å². The van der Waals surface area contributed by atoms with Crippen LogP contribution in [-0.2, 0) is 56.4 Å². The zero-order chi connectivity index (χ0) is 72.1. The molecule has 0 unspecified atom stereocenters. The van der Waals surface area contributed by atoms with Gasteiger partial charge in [0.25, 0.3) is 0 Å². The standard InChI is InChI=1S/2C25H24N2.C24H23N3.C20H22N2/c1-19-22(24-14-7-8-17-26(24)2)12-9-13-23(19)25-16-15-21(18-27(25)3)20-10-5-4-6-11-20;1-19-22(24-14-7-8-16-26(24)2)12-9-13-23(19)25-18-21(15-17-27(25)3)20-10-5-4-6-11-20;1-18-20(23-12-5-7-15-26(23)2)9-8-10-21(18)24-17-19(13-16-27(24)3)22-11-4-6-14-25-22;1-15-13-17(19-9-5-7-11-21(19)3)16(2)18(14-15)20-10-6-8-12-22(20)4/h2*4-18H,1-3H3;4-17H,1-3H3;5-14H,1-4H3/q4*+2. The van der Waals surface area contributed by atoms with Crippen LogP contribution >= 0.6 is 0 Å². The Morgan fingerprint density at radius 3 is 0.883 bits per heavy atom. The molecule has 506 valence electrons. The highest BCUT2D eigenvalue weighted by Crippen LogP contribution is 2.35. The van der Waals surface area contributed by atoms with E-state index in [9.17, 15) is 0 Å². The van der Waals surface area contributed by atoms with E-state index in [2.05, 4.69) is 437 Å². The number of benzene rings is 6. The van der Waals surface area contributed by atoms with E-state index in [0.29, 0.717) is 0 Å². The summed E-state index contributed by atoms with van der Waals surface area (Å²) in [6.45, 7) is 11.0. The van der Waals surface area contributed by atoms with Gasteiger partial charge in [-0.15, -0.1) is 0 Å². The van der Waals surface area contributed by atoms with E-state index in [1.54, 1.807) is 0 Å². The van der Waals surface area contributed by atoms with E-state index in [1.165, 1.54) is 140 Å². The summed E-state index contributed by atoms with van der Waals surface area (Å²) in [7, 11) is 16.8. The van der Waals surface area contributed by atoms with Gasteiger partial charge >= 0.3 is 0 Å². The molecule has 6 aromatic carbocycles. The predicted octanol–water partition coefficient (Wildman–Crippen LogP) is 16.6. The lowest BCUT2D eigenvalue weighted by atomic mass is 9.94. The molecule has 0 atom stereocenters. The molecule has 0 saturated heterocycles. The second-order valence-corrected chi connectivity index (χ2v) is 26.6. The van der Waals surface area contributed by atoms with Gasteiger partial charge in [-0.2, -0.15) is 0 Å². The van der Waals surface area contributed by atoms with Gasteiger partial charge in [0, 0.05) is 142 Å². The van der Waals surface area contributed by atoms with Crippen LogP contribution in [0.25, 0.3) is 124 Å². The normalized spacial score (nSPS) is 10.8. The average Bonchev–Trinajstić information content (AvgIpc) is 0.803. The van der Waals surface area contributed by atoms with Crippen molar-refractivity contribution in [2.45, 2.75) is 34.6 Å². The fraction of sp³-hybridized carbons (Fsp3) is 0.138. The Kier molecular flexibility index (Phi) is 22.1. The van der Waals surface area contributed by atoms with E-state index in [0.717, 1.165) is 11.3 Å². The first-order valence-electron chi connectivity index (χ1n) is 35.2. The topological polar surface area (TPSA) is 43.9 Å². The molecule has 0 radical (unpaired) electrons. The van der Waals surface area contributed by atoms with Gasteiger partial charge in [-0.05, 0) is 176 Å². The fourth-order valence-electron chi connectivity index (χ4n) is 13.8. The summed E-state index contributed by atoms with van der Waals surface area (Å²) in [5, 5.41) is 0. The van der Waals surface area contributed by atoms with Crippen LogP contribution in [0.2, 0.25) is 0 Å². The molecule has 9 aromatic heterocycles. The first-order chi connectivity index (χ1) is 50.0. The molecular formula is C94H93N9+8. The zero-order valence-electron chi connectivity index (χ0n) is 61.7. The molecule has 9 nitrogen and oxygen atoms in total. The summed E-state index contributed by atoms with van der Waals surface area (Å²) in [6.07, 6.45) is 18.8. The third kappa shape index (κ3) is 16.0. The molecule has 0 saturated carbocycles. The lowest BCUT2D eigenvalue weighted by Crippen LogP contribution is -2.31. The minimum absolute atomic E-state index is 0.989. The highest BCUT2D eigenvalue weighted by atomic mass is 15.0. The highest BCUT2D eigenvalue weighted by Gasteiger charge is 2.25. The van der Waals surface area contributed by atoms with Crippen molar-refractivity contribution < 1.29 is 36.5 Å². The van der Waals surface area contributed by atoms with Crippen LogP contribution in [-0.4, -0.2) is 4.98 Å². The van der Waals surface area contributed by atoms with Crippen molar-refractivity contribution >= 4 is 0 Å². The van der Waals surface area contributed by atoms with Crippen molar-refractivity contribution in [3.63, 3.8) is 0 Å². The van der Waals surface area contributed by atoms with Gasteiger partial charge in [0.05, 0.1) is 16.8 Å². The monoisotopic (exact) mass is 1350 g/mol. The van der Waals surface area contributed by atoms with Crippen LogP contribution in [0, 0.1) is 34.6 Å². The van der Waals surface area contributed by atoms with E-state index < -0.39 is 0 Å². The lowest BCUT2D eigenvalue weighted by Gasteiger charge is -2.11. The molecule has 15 aromatic rings. The van der Waals surface area contributed by atoms with Crippen molar-refractivity contribution in [3.05, 3.63) is 357 Å². The van der Waals surface area contributed by atoms with Gasteiger partial charge in [0.2, 0.25) is 45.6 Å². The van der Waals surface area contributed by atoms with Gasteiger partial charge < -0.3 is 0 Å². The van der Waals surface area contributed by atoms with E-state index in [-0.39, 0.29) is 0 Å². The van der Waals surface area contributed by atoms with Gasteiger partial charge in [-0.25, -0.2) is 36.5 Å². The Balaban J connectivity index is 0.000000130. The molecule has 0 aliphatic carbocycles. The van der Waals surface area contributed by atoms with Crippen LogP contribution in [0.1, 0.15) is 27.8 Å². The van der Waals surface area contributed by atoms with E-state index >= 15 is 0 Å². The zero-order valence-corrected chi connectivity index (χ0v) is 61.7. The number of aryl methyl sites for hydroxylation is 9. The van der Waals surface area contributed by atoms with Crippen molar-refractivity contribution in [2.75, 3.05) is 0 Å². The van der Waals surface area contributed by atoms with Crippen LogP contribution in [0.5, 0.6) is 0 Å². The highest BCUT2D eigenvalue weighted by molar-refractivity contribution is 5.79. The number of hydrogen-bond acceptors (Lipinski definition) is 1. The third-order valence-electron chi connectivity index (χ3n) is 19.6. The molecule has 0 N–H and O–H groups in total. The Labute approximate surface area is 609 Å². The largest absolute Gasteiger partial charge is 0.256 e. The molecular weight excluding hydrogens is 1260 g/mol. The maximum atomic E-state index is 4.50. The summed E-state index contributed by atoms with van der Waals surface area (Å²) in [4.78, 5) is 4.50. The lowest BCUT2D eigenvalue weighted by molar-refractivity contribution is -0.660. The molecule has 103 heavy (non-hydrogen) atoms. The first kappa shape index (κ1) is 70.5. The van der Waals surface area contributed by atoms with Crippen molar-refractivity contribution in [2.24, 2.45) is 56.4 Å². The van der Waals surface area contributed by atoms with E-state index in [4.69, 9.17) is 0 Å². The predicted molar refractivity (Wildman–Crippen MR) is 416 cm³/mol. The van der Waals surface area contributed by atoms with Crippen molar-refractivity contribution in [3.8, 4) is 124 Å². The van der Waals surface area contributed by atoms with Crippen LogP contribution in [0.15, 0.2) is 329 Å². The number of rotatable bonds is 11. The Morgan fingerprint density at radius 1 is 0.204 bits per heavy atom. The molecule has 9 heteroatoms. The third-order valence-corrected chi connectivity index (χ3v) is 19.6. The number of pyridine rings is 9. The quantitative estimate of drug-likeness (QED) is 0.119. The average molecular weight is 1350 g/mol. The van der Waals surface area contributed by atoms with Gasteiger partial charge in [-0.1, -0.05) is 84.9 Å². The number of hydrogen-bond donors (Lipinski definition) is 0. The molecule has 0 spiro atoms. The SMILES string of the molecule is Cc1c(-c2cccc[n+]2C)cccc1-c1cc(-c2ccccc2)cc[n+]1C.Cc1c(-c2cccc[n+]2C)cccc1-c1cc(-c2ccccn2)cc[n+]1C.Cc1c(-c2cccc[n+]2C)cccc1-c1ccc(-c2ccccc2)c[n+]1C.Cc1cc(-c2cccc[n+]2C)c(C)c(-c2cccc[n+]2C)c1. The minimum atomic E-state index is 0.989. The second kappa shape index (κ2) is 32.3. The summed E-state index contributed by atoms with van der Waals surface area (Å²) in [5.74, 6) is 0. The van der Waals surface area contributed by atoms with E-state index in [1.807, 2.05) is 24.4 Å². The van der Waals surface area contributed by atoms with Crippen LogP contribution in [0.3, 0.4) is 0 Å². The molecule has 0 aliphatic heterocycles.